The van der Waals surface area contributed by atoms with Gasteiger partial charge in [-0.05, 0) is 18.6 Å². The maximum absolute atomic E-state index is 12.3. The summed E-state index contributed by atoms with van der Waals surface area (Å²) in [7, 11) is 1.62. The van der Waals surface area contributed by atoms with E-state index >= 15 is 0 Å². The van der Waals surface area contributed by atoms with Crippen molar-refractivity contribution in [3.8, 4) is 0 Å². The van der Waals surface area contributed by atoms with Crippen LogP contribution in [0.5, 0.6) is 0 Å². The zero-order valence-electron chi connectivity index (χ0n) is 11.7. The highest BCUT2D eigenvalue weighted by atomic mass is 16.4. The van der Waals surface area contributed by atoms with Crippen molar-refractivity contribution in [2.45, 2.75) is 12.8 Å². The van der Waals surface area contributed by atoms with Gasteiger partial charge >= 0.3 is 5.97 Å². The molecular weight excluding hydrogens is 270 g/mol. The summed E-state index contributed by atoms with van der Waals surface area (Å²) in [5.41, 5.74) is 7.38. The van der Waals surface area contributed by atoms with E-state index < -0.39 is 5.97 Å². The van der Waals surface area contributed by atoms with Crippen molar-refractivity contribution in [2.24, 2.45) is 0 Å². The van der Waals surface area contributed by atoms with Crippen molar-refractivity contribution in [3.63, 3.8) is 0 Å². The minimum atomic E-state index is -0.871. The number of fused-ring (bicyclic) bond motifs is 1. The second-order valence-electron chi connectivity index (χ2n) is 4.84. The Morgan fingerprint density at radius 1 is 1.33 bits per heavy atom. The number of amides is 1. The number of rotatable bonds is 5. The summed E-state index contributed by atoms with van der Waals surface area (Å²) in [6.45, 7) is 0.361. The third-order valence-corrected chi connectivity index (χ3v) is 3.20. The standard InChI is InChI=1S/C15H17N3O3/c1-18(8-4-7-14(19)20)15(21)13-9-11(16)10-5-2-3-6-12(10)17-13/h2-3,5-6,9H,4,7-8H2,1H3,(H2,16,17)(H,19,20). The predicted octanol–water partition coefficient (Wildman–Crippen LogP) is 1.75. The fourth-order valence-corrected chi connectivity index (χ4v) is 2.08. The fraction of sp³-hybridized carbons (Fsp3) is 0.267. The Morgan fingerprint density at radius 2 is 2.05 bits per heavy atom. The lowest BCUT2D eigenvalue weighted by molar-refractivity contribution is -0.137. The quantitative estimate of drug-likeness (QED) is 0.873. The third kappa shape index (κ3) is 3.47. The molecule has 1 aromatic heterocycles. The Labute approximate surface area is 122 Å². The number of aromatic nitrogens is 1. The van der Waals surface area contributed by atoms with E-state index in [1.165, 1.54) is 4.90 Å². The van der Waals surface area contributed by atoms with Crippen LogP contribution in [0.25, 0.3) is 10.9 Å². The molecule has 1 amide bonds. The van der Waals surface area contributed by atoms with Gasteiger partial charge in [-0.3, -0.25) is 9.59 Å². The molecule has 0 bridgehead atoms. The number of nitrogens with two attached hydrogens (primary N) is 1. The van der Waals surface area contributed by atoms with Crippen molar-refractivity contribution >= 4 is 28.5 Å². The first-order valence-electron chi connectivity index (χ1n) is 6.61. The largest absolute Gasteiger partial charge is 0.481 e. The number of hydrogen-bond donors (Lipinski definition) is 2. The Kier molecular flexibility index (Phi) is 4.37. The number of nitrogens with zero attached hydrogens (tertiary/aromatic N) is 2. The fourth-order valence-electron chi connectivity index (χ4n) is 2.08. The average molecular weight is 287 g/mol. The number of carbonyl (C=O) groups is 2. The summed E-state index contributed by atoms with van der Waals surface area (Å²) in [6.07, 6.45) is 0.436. The molecule has 2 rings (SSSR count). The Morgan fingerprint density at radius 3 is 2.76 bits per heavy atom. The molecule has 0 aliphatic heterocycles. The highest BCUT2D eigenvalue weighted by Gasteiger charge is 2.15. The first kappa shape index (κ1) is 14.8. The number of nitrogen functional groups attached to an aromatic ring is 1. The Hall–Kier alpha value is -2.63. The molecule has 21 heavy (non-hydrogen) atoms. The van der Waals surface area contributed by atoms with Gasteiger partial charge in [-0.2, -0.15) is 0 Å². The molecule has 2 aromatic rings. The molecule has 0 aliphatic carbocycles. The Bertz CT molecular complexity index is 685. The van der Waals surface area contributed by atoms with Gasteiger partial charge in [-0.1, -0.05) is 18.2 Å². The van der Waals surface area contributed by atoms with E-state index in [9.17, 15) is 9.59 Å². The molecule has 0 atom stereocenters. The molecule has 0 radical (unpaired) electrons. The minimum Gasteiger partial charge on any atom is -0.481 e. The number of carbonyl (C=O) groups excluding carboxylic acids is 1. The van der Waals surface area contributed by atoms with Gasteiger partial charge in [0.05, 0.1) is 5.52 Å². The number of pyridine rings is 1. The number of benzene rings is 1. The van der Waals surface area contributed by atoms with Crippen LogP contribution in [0.15, 0.2) is 30.3 Å². The van der Waals surface area contributed by atoms with E-state index in [0.717, 1.165) is 5.39 Å². The van der Waals surface area contributed by atoms with Crippen molar-refractivity contribution in [3.05, 3.63) is 36.0 Å². The van der Waals surface area contributed by atoms with Crippen molar-refractivity contribution in [1.29, 1.82) is 0 Å². The number of para-hydroxylation sites is 1. The lowest BCUT2D eigenvalue weighted by atomic mass is 10.1. The number of hydrogen-bond acceptors (Lipinski definition) is 4. The van der Waals surface area contributed by atoms with Gasteiger partial charge in [0, 0.05) is 31.1 Å². The van der Waals surface area contributed by atoms with Crippen molar-refractivity contribution < 1.29 is 14.7 Å². The molecule has 0 saturated heterocycles. The van der Waals surface area contributed by atoms with Gasteiger partial charge in [0.1, 0.15) is 5.69 Å². The molecule has 110 valence electrons. The maximum Gasteiger partial charge on any atom is 0.303 e. The van der Waals surface area contributed by atoms with Crippen LogP contribution in [-0.2, 0) is 4.79 Å². The summed E-state index contributed by atoms with van der Waals surface area (Å²) in [5.74, 6) is -1.14. The van der Waals surface area contributed by atoms with E-state index in [1.807, 2.05) is 18.2 Å². The van der Waals surface area contributed by atoms with Crippen LogP contribution in [0.4, 0.5) is 5.69 Å². The molecule has 0 aliphatic rings. The molecule has 1 aromatic carbocycles. The smallest absolute Gasteiger partial charge is 0.303 e. The zero-order chi connectivity index (χ0) is 15.4. The lowest BCUT2D eigenvalue weighted by Crippen LogP contribution is -2.29. The predicted molar refractivity (Wildman–Crippen MR) is 80.0 cm³/mol. The van der Waals surface area contributed by atoms with Gasteiger partial charge < -0.3 is 15.7 Å². The maximum atomic E-state index is 12.3. The van der Waals surface area contributed by atoms with E-state index in [-0.39, 0.29) is 18.0 Å². The SMILES string of the molecule is CN(CCCC(=O)O)C(=O)c1cc(N)c2ccccc2n1. The van der Waals surface area contributed by atoms with Crippen LogP contribution in [0.1, 0.15) is 23.3 Å². The highest BCUT2D eigenvalue weighted by Crippen LogP contribution is 2.20. The third-order valence-electron chi connectivity index (χ3n) is 3.20. The van der Waals surface area contributed by atoms with Crippen LogP contribution >= 0.6 is 0 Å². The zero-order valence-corrected chi connectivity index (χ0v) is 11.7. The van der Waals surface area contributed by atoms with Gasteiger partial charge in [-0.25, -0.2) is 4.98 Å². The summed E-state index contributed by atoms with van der Waals surface area (Å²) in [6, 6.07) is 8.90. The summed E-state index contributed by atoms with van der Waals surface area (Å²) in [4.78, 5) is 28.5. The van der Waals surface area contributed by atoms with Crippen molar-refractivity contribution in [2.75, 3.05) is 19.3 Å². The molecule has 0 saturated carbocycles. The first-order valence-corrected chi connectivity index (χ1v) is 6.61. The van der Waals surface area contributed by atoms with E-state index in [0.29, 0.717) is 24.2 Å². The topological polar surface area (TPSA) is 96.5 Å². The summed E-state index contributed by atoms with van der Waals surface area (Å²) in [5, 5.41) is 9.41. The molecule has 0 spiro atoms. The summed E-state index contributed by atoms with van der Waals surface area (Å²) < 4.78 is 0. The van der Waals surface area contributed by atoms with Gasteiger partial charge in [0.15, 0.2) is 0 Å². The molecule has 6 nitrogen and oxygen atoms in total. The van der Waals surface area contributed by atoms with Crippen LogP contribution < -0.4 is 5.73 Å². The Balaban J connectivity index is 2.17. The molecule has 6 heteroatoms. The molecule has 0 unspecified atom stereocenters. The van der Waals surface area contributed by atoms with Crippen LogP contribution in [0.2, 0.25) is 0 Å². The van der Waals surface area contributed by atoms with E-state index in [4.69, 9.17) is 10.8 Å². The number of aliphatic carboxylic acids is 1. The normalized spacial score (nSPS) is 10.5. The second-order valence-corrected chi connectivity index (χ2v) is 4.84. The summed E-state index contributed by atoms with van der Waals surface area (Å²) >= 11 is 0. The van der Waals surface area contributed by atoms with Gasteiger partial charge in [-0.15, -0.1) is 0 Å². The van der Waals surface area contributed by atoms with Crippen LogP contribution in [0, 0.1) is 0 Å². The van der Waals surface area contributed by atoms with Crippen molar-refractivity contribution in [1.82, 2.24) is 9.88 Å². The average Bonchev–Trinajstić information content (AvgIpc) is 2.46. The molecule has 1 heterocycles. The highest BCUT2D eigenvalue weighted by molar-refractivity contribution is 5.99. The molecule has 3 N–H and O–H groups in total. The molecular formula is C15H17N3O3. The van der Waals surface area contributed by atoms with E-state index in [1.54, 1.807) is 19.2 Å². The number of carboxylic acid groups (broad SMARTS) is 1. The second kappa shape index (κ2) is 6.21. The van der Waals surface area contributed by atoms with Crippen LogP contribution in [-0.4, -0.2) is 40.5 Å². The minimum absolute atomic E-state index is 0.0326. The van der Waals surface area contributed by atoms with E-state index in [2.05, 4.69) is 4.98 Å². The van der Waals surface area contributed by atoms with Gasteiger partial charge in [0.2, 0.25) is 0 Å². The van der Waals surface area contributed by atoms with Crippen LogP contribution in [0.3, 0.4) is 0 Å². The van der Waals surface area contributed by atoms with Gasteiger partial charge in [0.25, 0.3) is 5.91 Å². The number of anilines is 1. The number of carboxylic acids is 1. The first-order chi connectivity index (χ1) is 9.99. The lowest BCUT2D eigenvalue weighted by Gasteiger charge is -2.16. The molecule has 0 fully saturated rings. The monoisotopic (exact) mass is 287 g/mol.